The minimum absolute atomic E-state index is 0.233. The number of rotatable bonds is 4. The Hall–Kier alpha value is -2.43. The molecule has 0 saturated carbocycles. The highest BCUT2D eigenvalue weighted by molar-refractivity contribution is 5.83. The molecular weight excluding hydrogens is 277 g/mol. The van der Waals surface area contributed by atoms with Gasteiger partial charge in [0.25, 0.3) is 0 Å². The van der Waals surface area contributed by atoms with Gasteiger partial charge in [0, 0.05) is 0 Å². The summed E-state index contributed by atoms with van der Waals surface area (Å²) in [5, 5.41) is 7.29. The van der Waals surface area contributed by atoms with Crippen LogP contribution in [0.5, 0.6) is 0 Å². The van der Waals surface area contributed by atoms with Crippen LogP contribution in [0.2, 0.25) is 0 Å². The smallest absolute Gasteiger partial charge is 0.135 e. The molecule has 0 bridgehead atoms. The zero-order valence-corrected chi connectivity index (χ0v) is 11.4. The van der Waals surface area contributed by atoms with Gasteiger partial charge in [-0.2, -0.15) is 10.2 Å². The number of hydrogen-bond donors (Lipinski definition) is 0. The number of halogens is 3. The number of hydrogen-bond acceptors (Lipinski definition) is 2. The Kier molecular flexibility index (Phi) is 4.87. The van der Waals surface area contributed by atoms with Gasteiger partial charge in [-0.3, -0.25) is 0 Å². The predicted molar refractivity (Wildman–Crippen MR) is 77.3 cm³/mol. The average Bonchev–Trinajstić information content (AvgIpc) is 2.47. The second kappa shape index (κ2) is 6.83. The van der Waals surface area contributed by atoms with E-state index in [1.165, 1.54) is 42.6 Å². The summed E-state index contributed by atoms with van der Waals surface area (Å²) in [7, 11) is 0. The molecule has 0 aliphatic carbocycles. The van der Waals surface area contributed by atoms with Crippen LogP contribution in [-0.4, -0.2) is 12.4 Å². The van der Waals surface area contributed by atoms with Crippen molar-refractivity contribution in [1.29, 1.82) is 0 Å². The normalized spacial score (nSPS) is 11.6. The molecule has 0 aromatic heterocycles. The number of benzene rings is 2. The molecule has 2 rings (SSSR count). The molecule has 0 fully saturated rings. The van der Waals surface area contributed by atoms with Gasteiger partial charge < -0.3 is 0 Å². The van der Waals surface area contributed by atoms with Crippen LogP contribution < -0.4 is 0 Å². The summed E-state index contributed by atoms with van der Waals surface area (Å²) in [6.45, 7) is 1.81. The fraction of sp³-hybridized carbons (Fsp3) is 0.125. The molecule has 0 radical (unpaired) electrons. The molecule has 0 spiro atoms. The van der Waals surface area contributed by atoms with Crippen LogP contribution in [0.3, 0.4) is 0 Å². The second-order valence-electron chi connectivity index (χ2n) is 4.37. The largest absolute Gasteiger partial charge is 0.207 e. The van der Waals surface area contributed by atoms with Crippen molar-refractivity contribution < 1.29 is 13.2 Å². The summed E-state index contributed by atoms with van der Waals surface area (Å²) in [4.78, 5) is 0. The molecule has 0 aliphatic rings. The molecule has 21 heavy (non-hydrogen) atoms. The van der Waals surface area contributed by atoms with E-state index in [4.69, 9.17) is 0 Å². The maximum Gasteiger partial charge on any atom is 0.135 e. The molecule has 2 aromatic rings. The van der Waals surface area contributed by atoms with Crippen molar-refractivity contribution in [3.8, 4) is 0 Å². The first-order chi connectivity index (χ1) is 10.1. The summed E-state index contributed by atoms with van der Waals surface area (Å²) in [5.74, 6) is -1.70. The fourth-order valence-electron chi connectivity index (χ4n) is 1.70. The minimum atomic E-state index is -0.674. The maximum atomic E-state index is 13.7. The molecule has 0 atom stereocenters. The fourth-order valence-corrected chi connectivity index (χ4v) is 1.70. The lowest BCUT2D eigenvalue weighted by molar-refractivity contribution is 0.577. The lowest BCUT2D eigenvalue weighted by Crippen LogP contribution is -1.96. The van der Waals surface area contributed by atoms with Crippen molar-refractivity contribution in [2.75, 3.05) is 0 Å². The van der Waals surface area contributed by atoms with Crippen molar-refractivity contribution in [2.45, 2.75) is 13.3 Å². The Balaban J connectivity index is 2.13. The highest BCUT2D eigenvalue weighted by Gasteiger charge is 2.08. The summed E-state index contributed by atoms with van der Waals surface area (Å²) in [6, 6.07) is 8.15. The van der Waals surface area contributed by atoms with E-state index in [2.05, 4.69) is 10.2 Å². The van der Waals surface area contributed by atoms with Gasteiger partial charge in [-0.25, -0.2) is 13.2 Å². The van der Waals surface area contributed by atoms with E-state index in [0.717, 1.165) is 6.21 Å². The van der Waals surface area contributed by atoms with Crippen LogP contribution in [0.15, 0.2) is 46.6 Å². The Morgan fingerprint density at radius 3 is 2.05 bits per heavy atom. The number of nitrogens with zero attached hydrogens (tertiary/aromatic N) is 2. The minimum Gasteiger partial charge on any atom is -0.207 e. The zero-order valence-electron chi connectivity index (χ0n) is 11.4. The first-order valence-corrected chi connectivity index (χ1v) is 6.40. The van der Waals surface area contributed by atoms with Gasteiger partial charge in [0.1, 0.15) is 17.5 Å². The molecule has 5 heteroatoms. The van der Waals surface area contributed by atoms with Gasteiger partial charge in [0.05, 0.1) is 18.0 Å². The van der Waals surface area contributed by atoms with E-state index in [1.54, 1.807) is 0 Å². The molecule has 2 aromatic carbocycles. The van der Waals surface area contributed by atoms with Crippen LogP contribution >= 0.6 is 0 Å². The summed E-state index contributed by atoms with van der Waals surface area (Å²) < 4.78 is 40.0. The van der Waals surface area contributed by atoms with Gasteiger partial charge in [0.2, 0.25) is 0 Å². The molecule has 0 amide bonds. The topological polar surface area (TPSA) is 24.7 Å². The average molecular weight is 290 g/mol. The Labute approximate surface area is 120 Å². The standard InChI is InChI=1S/C16H13F3N2/c1-2-11-7-15(18)14(16(19)8-11)10-21-20-9-12-3-5-13(17)6-4-12/h3-10H,2H2,1H3. The molecule has 0 aliphatic heterocycles. The van der Waals surface area contributed by atoms with Gasteiger partial charge in [-0.15, -0.1) is 0 Å². The van der Waals surface area contributed by atoms with Crippen LogP contribution in [0.25, 0.3) is 0 Å². The lowest BCUT2D eigenvalue weighted by Gasteiger charge is -2.01. The van der Waals surface area contributed by atoms with Crippen molar-refractivity contribution >= 4 is 12.4 Å². The molecule has 0 saturated heterocycles. The van der Waals surface area contributed by atoms with Crippen LogP contribution in [0, 0.1) is 17.5 Å². The van der Waals surface area contributed by atoms with E-state index in [9.17, 15) is 13.2 Å². The van der Waals surface area contributed by atoms with Crippen LogP contribution in [0.1, 0.15) is 23.6 Å². The maximum absolute atomic E-state index is 13.7. The summed E-state index contributed by atoms with van der Waals surface area (Å²) >= 11 is 0. The highest BCUT2D eigenvalue weighted by Crippen LogP contribution is 2.14. The van der Waals surface area contributed by atoms with Crippen LogP contribution in [-0.2, 0) is 6.42 Å². The molecule has 0 heterocycles. The third-order valence-electron chi connectivity index (χ3n) is 2.88. The Bertz CT molecular complexity index is 653. The Morgan fingerprint density at radius 2 is 1.48 bits per heavy atom. The quantitative estimate of drug-likeness (QED) is 0.598. The van der Waals surface area contributed by atoms with E-state index in [1.807, 2.05) is 6.92 Å². The van der Waals surface area contributed by atoms with Crippen LogP contribution in [0.4, 0.5) is 13.2 Å². The van der Waals surface area contributed by atoms with E-state index >= 15 is 0 Å². The van der Waals surface area contributed by atoms with Crippen molar-refractivity contribution in [1.82, 2.24) is 0 Å². The van der Waals surface area contributed by atoms with E-state index in [-0.39, 0.29) is 11.4 Å². The molecular formula is C16H13F3N2. The molecule has 2 nitrogen and oxygen atoms in total. The van der Waals surface area contributed by atoms with E-state index < -0.39 is 11.6 Å². The first kappa shape index (κ1) is 15.0. The first-order valence-electron chi connectivity index (χ1n) is 6.40. The van der Waals surface area contributed by atoms with Crippen molar-refractivity contribution in [3.05, 3.63) is 70.5 Å². The zero-order chi connectivity index (χ0) is 15.2. The van der Waals surface area contributed by atoms with Gasteiger partial charge in [-0.05, 0) is 41.8 Å². The molecule has 0 N–H and O–H groups in total. The van der Waals surface area contributed by atoms with Gasteiger partial charge in [0.15, 0.2) is 0 Å². The lowest BCUT2D eigenvalue weighted by atomic mass is 10.1. The number of aryl methyl sites for hydroxylation is 1. The van der Waals surface area contributed by atoms with Gasteiger partial charge in [-0.1, -0.05) is 19.1 Å². The molecule has 0 unspecified atom stereocenters. The third-order valence-corrected chi connectivity index (χ3v) is 2.88. The van der Waals surface area contributed by atoms with Crippen molar-refractivity contribution in [3.63, 3.8) is 0 Å². The highest BCUT2D eigenvalue weighted by atomic mass is 19.1. The Morgan fingerprint density at radius 1 is 0.905 bits per heavy atom. The van der Waals surface area contributed by atoms with E-state index in [0.29, 0.717) is 17.5 Å². The van der Waals surface area contributed by atoms with Gasteiger partial charge >= 0.3 is 0 Å². The second-order valence-corrected chi connectivity index (χ2v) is 4.37. The monoisotopic (exact) mass is 290 g/mol. The SMILES string of the molecule is CCc1cc(F)c(C=NN=Cc2ccc(F)cc2)c(F)c1. The molecule has 108 valence electrons. The predicted octanol–water partition coefficient (Wildman–Crippen LogP) is 4.12. The summed E-state index contributed by atoms with van der Waals surface area (Å²) in [6.07, 6.45) is 2.93. The summed E-state index contributed by atoms with van der Waals surface area (Å²) in [5.41, 5.74) is 0.983. The van der Waals surface area contributed by atoms with Crippen molar-refractivity contribution in [2.24, 2.45) is 10.2 Å². The third kappa shape index (κ3) is 4.02.